The van der Waals surface area contributed by atoms with E-state index < -0.39 is 5.63 Å². The van der Waals surface area contributed by atoms with Crippen LogP contribution in [-0.4, -0.2) is 26.5 Å². The van der Waals surface area contributed by atoms with Gasteiger partial charge in [0.1, 0.15) is 5.58 Å². The Hall–Kier alpha value is -2.74. The molecule has 5 nitrogen and oxygen atoms in total. The maximum absolute atomic E-state index is 11.8. The van der Waals surface area contributed by atoms with Crippen molar-refractivity contribution in [2.24, 2.45) is 0 Å². The van der Waals surface area contributed by atoms with E-state index in [0.717, 1.165) is 11.1 Å². The van der Waals surface area contributed by atoms with Crippen LogP contribution in [0.15, 0.2) is 33.5 Å². The summed E-state index contributed by atoms with van der Waals surface area (Å²) in [6.45, 7) is 0.170. The molecule has 0 aliphatic carbocycles. The highest BCUT2D eigenvalue weighted by Gasteiger charge is 2.10. The van der Waals surface area contributed by atoms with Crippen LogP contribution in [0.25, 0.3) is 11.0 Å². The normalized spacial score (nSPS) is 10.1. The number of hydrogen-bond donors (Lipinski definition) is 1. The first-order valence-corrected chi connectivity index (χ1v) is 6.45. The summed E-state index contributed by atoms with van der Waals surface area (Å²) in [6, 6.07) is 6.87. The Kier molecular flexibility index (Phi) is 4.29. The third-order valence-electron chi connectivity index (χ3n) is 3.07. The Morgan fingerprint density at radius 3 is 2.81 bits per heavy atom. The lowest BCUT2D eigenvalue weighted by atomic mass is 10.1. The lowest BCUT2D eigenvalue weighted by Gasteiger charge is -2.13. The van der Waals surface area contributed by atoms with Gasteiger partial charge in [0.15, 0.2) is 0 Å². The van der Waals surface area contributed by atoms with Crippen molar-refractivity contribution in [2.75, 3.05) is 25.5 Å². The molecule has 1 heterocycles. The second kappa shape index (κ2) is 6.14. The third kappa shape index (κ3) is 3.42. The summed E-state index contributed by atoms with van der Waals surface area (Å²) >= 11 is 0. The maximum atomic E-state index is 11.8. The molecule has 1 N–H and O–H groups in total. The first kappa shape index (κ1) is 14.7. The van der Waals surface area contributed by atoms with Crippen LogP contribution in [0.3, 0.4) is 0 Å². The molecular weight excluding hydrogens is 268 g/mol. The smallest absolute Gasteiger partial charge is 0.336 e. The lowest BCUT2D eigenvalue weighted by Crippen LogP contribution is -2.25. The zero-order valence-electron chi connectivity index (χ0n) is 12.0. The Morgan fingerprint density at radius 2 is 2.14 bits per heavy atom. The minimum Gasteiger partial charge on any atom is -0.423 e. The highest BCUT2D eigenvalue weighted by molar-refractivity contribution is 5.88. The van der Waals surface area contributed by atoms with Crippen LogP contribution in [0.1, 0.15) is 5.56 Å². The monoisotopic (exact) mass is 284 g/mol. The Labute approximate surface area is 122 Å². The summed E-state index contributed by atoms with van der Waals surface area (Å²) in [5.41, 5.74) is 1.53. The van der Waals surface area contributed by atoms with Crippen LogP contribution in [0.2, 0.25) is 0 Å². The summed E-state index contributed by atoms with van der Waals surface area (Å²) in [6.07, 6.45) is 5.18. The summed E-state index contributed by atoms with van der Waals surface area (Å²) in [5, 5.41) is 3.33. The zero-order chi connectivity index (χ0) is 15.4. The number of nitrogens with one attached hydrogen (secondary N) is 1. The highest BCUT2D eigenvalue weighted by atomic mass is 16.4. The van der Waals surface area contributed by atoms with E-state index in [1.54, 1.807) is 6.07 Å². The van der Waals surface area contributed by atoms with Gasteiger partial charge in [-0.3, -0.25) is 4.79 Å². The number of carbonyl (C=O) groups is 1. The molecular formula is C16H16N2O3. The van der Waals surface area contributed by atoms with Gasteiger partial charge in [-0.05, 0) is 17.7 Å². The standard InChI is InChI=1S/C16H16N2O3/c1-4-7-17-15(19)8-11-9-16(20)21-14-10-12(18(2)3)5-6-13(11)14/h1,5-6,9-10H,7-8H2,2-3H3,(H,17,19). The summed E-state index contributed by atoms with van der Waals surface area (Å²) in [5.74, 6) is 2.11. The fourth-order valence-electron chi connectivity index (χ4n) is 2.03. The van der Waals surface area contributed by atoms with Gasteiger partial charge in [-0.15, -0.1) is 6.42 Å². The molecule has 0 aliphatic rings. The van der Waals surface area contributed by atoms with Gasteiger partial charge in [-0.1, -0.05) is 5.92 Å². The molecule has 0 saturated carbocycles. The maximum Gasteiger partial charge on any atom is 0.336 e. The molecule has 2 aromatic rings. The van der Waals surface area contributed by atoms with Gasteiger partial charge in [0, 0.05) is 37.3 Å². The number of benzene rings is 1. The lowest BCUT2D eigenvalue weighted by molar-refractivity contribution is -0.120. The second-order valence-electron chi connectivity index (χ2n) is 4.82. The summed E-state index contributed by atoms with van der Waals surface area (Å²) < 4.78 is 5.21. The van der Waals surface area contributed by atoms with Crippen LogP contribution < -0.4 is 15.8 Å². The zero-order valence-corrected chi connectivity index (χ0v) is 12.0. The molecule has 5 heteroatoms. The third-order valence-corrected chi connectivity index (χ3v) is 3.07. The number of fused-ring (bicyclic) bond motifs is 1. The fraction of sp³-hybridized carbons (Fsp3) is 0.250. The van der Waals surface area contributed by atoms with Crippen molar-refractivity contribution in [2.45, 2.75) is 6.42 Å². The average molecular weight is 284 g/mol. The van der Waals surface area contributed by atoms with E-state index in [1.165, 1.54) is 6.07 Å². The Bertz CT molecular complexity index is 769. The number of rotatable bonds is 4. The van der Waals surface area contributed by atoms with Crippen LogP contribution >= 0.6 is 0 Å². The van der Waals surface area contributed by atoms with E-state index in [1.807, 2.05) is 31.1 Å². The van der Waals surface area contributed by atoms with Gasteiger partial charge < -0.3 is 14.6 Å². The van der Waals surface area contributed by atoms with Crippen LogP contribution in [0.4, 0.5) is 5.69 Å². The highest BCUT2D eigenvalue weighted by Crippen LogP contribution is 2.22. The molecule has 1 aromatic carbocycles. The average Bonchev–Trinajstić information content (AvgIpc) is 2.44. The van der Waals surface area contributed by atoms with Gasteiger partial charge in [-0.2, -0.15) is 0 Å². The van der Waals surface area contributed by atoms with Crippen molar-refractivity contribution >= 4 is 22.6 Å². The molecule has 0 spiro atoms. The van der Waals surface area contributed by atoms with Gasteiger partial charge in [0.2, 0.25) is 5.91 Å². The van der Waals surface area contributed by atoms with E-state index in [9.17, 15) is 9.59 Å². The molecule has 108 valence electrons. The SMILES string of the molecule is C#CCNC(=O)Cc1cc(=O)oc2cc(N(C)C)ccc12. The molecule has 0 bridgehead atoms. The van der Waals surface area contributed by atoms with Crippen LogP contribution in [-0.2, 0) is 11.2 Å². The molecule has 2 rings (SSSR count). The predicted octanol–water partition coefficient (Wildman–Crippen LogP) is 1.15. The van der Waals surface area contributed by atoms with Gasteiger partial charge in [0.25, 0.3) is 0 Å². The molecule has 1 amide bonds. The second-order valence-corrected chi connectivity index (χ2v) is 4.82. The molecule has 0 saturated heterocycles. The van der Waals surface area contributed by atoms with Gasteiger partial charge in [0.05, 0.1) is 13.0 Å². The number of carbonyl (C=O) groups excluding carboxylic acids is 1. The minimum atomic E-state index is -0.474. The molecule has 0 fully saturated rings. The van der Waals surface area contributed by atoms with Crippen molar-refractivity contribution in [3.63, 3.8) is 0 Å². The van der Waals surface area contributed by atoms with E-state index in [-0.39, 0.29) is 18.9 Å². The fourth-order valence-corrected chi connectivity index (χ4v) is 2.03. The number of terminal acetylenes is 1. The summed E-state index contributed by atoms with van der Waals surface area (Å²) in [7, 11) is 3.80. The molecule has 0 aliphatic heterocycles. The number of nitrogens with zero attached hydrogens (tertiary/aromatic N) is 1. The Balaban J connectivity index is 2.42. The Morgan fingerprint density at radius 1 is 1.38 bits per heavy atom. The summed E-state index contributed by atoms with van der Waals surface area (Å²) in [4.78, 5) is 25.3. The number of hydrogen-bond acceptors (Lipinski definition) is 4. The van der Waals surface area contributed by atoms with E-state index >= 15 is 0 Å². The van der Waals surface area contributed by atoms with E-state index in [2.05, 4.69) is 11.2 Å². The molecule has 21 heavy (non-hydrogen) atoms. The largest absolute Gasteiger partial charge is 0.423 e. The van der Waals surface area contributed by atoms with Crippen molar-refractivity contribution in [3.05, 3.63) is 40.2 Å². The predicted molar refractivity (Wildman–Crippen MR) is 82.4 cm³/mol. The van der Waals surface area contributed by atoms with Gasteiger partial charge in [-0.25, -0.2) is 4.79 Å². The van der Waals surface area contributed by atoms with Crippen LogP contribution in [0, 0.1) is 12.3 Å². The van der Waals surface area contributed by atoms with E-state index in [4.69, 9.17) is 10.8 Å². The molecule has 0 atom stereocenters. The van der Waals surface area contributed by atoms with Crippen molar-refractivity contribution < 1.29 is 9.21 Å². The van der Waals surface area contributed by atoms with Crippen molar-refractivity contribution in [1.29, 1.82) is 0 Å². The minimum absolute atomic E-state index is 0.0884. The number of anilines is 1. The van der Waals surface area contributed by atoms with E-state index in [0.29, 0.717) is 11.1 Å². The van der Waals surface area contributed by atoms with Crippen molar-refractivity contribution in [1.82, 2.24) is 5.32 Å². The van der Waals surface area contributed by atoms with Crippen LogP contribution in [0.5, 0.6) is 0 Å². The first-order chi connectivity index (χ1) is 10.0. The topological polar surface area (TPSA) is 62.6 Å². The molecule has 0 unspecified atom stereocenters. The molecule has 1 aromatic heterocycles. The van der Waals surface area contributed by atoms with Crippen molar-refractivity contribution in [3.8, 4) is 12.3 Å². The molecule has 0 radical (unpaired) electrons. The number of amides is 1. The first-order valence-electron chi connectivity index (χ1n) is 6.45. The van der Waals surface area contributed by atoms with Gasteiger partial charge >= 0.3 is 5.63 Å². The quantitative estimate of drug-likeness (QED) is 0.676.